The molecular weight excluding hydrogens is 473 g/mol. The van der Waals surface area contributed by atoms with Crippen molar-refractivity contribution in [2.24, 2.45) is 0 Å². The molecule has 0 saturated carbocycles. The number of benzene rings is 1. The molecule has 0 aromatic heterocycles. The number of hydrogen-bond acceptors (Lipinski definition) is 6. The molecule has 1 aromatic rings. The topological polar surface area (TPSA) is 83.5 Å². The summed E-state index contributed by atoms with van der Waals surface area (Å²) in [6.45, 7) is 17.3. The third kappa shape index (κ3) is 8.29. The van der Waals surface area contributed by atoms with Crippen LogP contribution in [0.15, 0.2) is 12.1 Å². The van der Waals surface area contributed by atoms with E-state index in [1.165, 1.54) is 7.11 Å². The molecule has 1 N–H and O–H groups in total. The molecule has 0 aliphatic heterocycles. The third-order valence-corrected chi connectivity index (χ3v) is 8.47. The molecule has 7 nitrogen and oxygen atoms in total. The van der Waals surface area contributed by atoms with Crippen LogP contribution < -0.4 is 14.2 Å². The third-order valence-electron chi connectivity index (χ3n) is 4.90. The molecule has 0 saturated heterocycles. The molecule has 1 atom stereocenters. The molecule has 1 rings (SSSR count). The maximum Gasteiger partial charge on any atom is 0.328 e. The zero-order chi connectivity index (χ0) is 25.6. The minimum absolute atomic E-state index is 0.373. The van der Waals surface area contributed by atoms with Crippen molar-refractivity contribution in [1.29, 1.82) is 0 Å². The quantitative estimate of drug-likeness (QED) is 0.223. The Hall–Kier alpha value is -1.60. The number of ether oxygens (including phenoxy) is 3. The van der Waals surface area contributed by atoms with Crippen molar-refractivity contribution in [2.75, 3.05) is 21.3 Å². The Balaban J connectivity index is 4.23. The van der Waals surface area contributed by atoms with Gasteiger partial charge in [-0.1, -0.05) is 13.5 Å². The van der Waals surface area contributed by atoms with E-state index in [1.807, 2.05) is 0 Å². The maximum absolute atomic E-state index is 11.4. The molecule has 1 unspecified atom stereocenters. The fourth-order valence-electron chi connectivity index (χ4n) is 3.76. The lowest BCUT2D eigenvalue weighted by molar-refractivity contribution is -0.143. The van der Waals surface area contributed by atoms with Crippen molar-refractivity contribution >= 4 is 38.2 Å². The normalized spacial score (nSPS) is 14.2. The number of methoxy groups -OCH3 is 3. The highest BCUT2D eigenvalue weighted by Crippen LogP contribution is 2.52. The van der Waals surface area contributed by atoms with Crippen LogP contribution in [0.1, 0.15) is 24.5 Å². The van der Waals surface area contributed by atoms with Crippen molar-refractivity contribution in [2.45, 2.75) is 70.5 Å². The average Bonchev–Trinajstić information content (AvgIpc) is 2.67. The number of hydrogen-bond donors (Lipinski definition) is 1. The summed E-state index contributed by atoms with van der Waals surface area (Å²) in [5, 5.41) is 9.36. The van der Waals surface area contributed by atoms with Crippen molar-refractivity contribution in [3.63, 3.8) is 0 Å². The van der Waals surface area contributed by atoms with Crippen molar-refractivity contribution in [3.8, 4) is 17.2 Å². The highest BCUT2D eigenvalue weighted by molar-refractivity contribution is 6.71. The van der Waals surface area contributed by atoms with Gasteiger partial charge in [0.2, 0.25) is 5.75 Å². The maximum atomic E-state index is 11.4. The van der Waals surface area contributed by atoms with E-state index in [2.05, 4.69) is 52.8 Å². The van der Waals surface area contributed by atoms with Gasteiger partial charge in [-0.25, -0.2) is 4.79 Å². The lowest BCUT2D eigenvalue weighted by Gasteiger charge is -2.45. The minimum Gasteiger partial charge on any atom is -0.493 e. The van der Waals surface area contributed by atoms with Gasteiger partial charge in [-0.2, -0.15) is 0 Å². The number of carboxylic acid groups (broad SMARTS) is 1. The van der Waals surface area contributed by atoms with Crippen LogP contribution in [0.5, 0.6) is 17.2 Å². The molecule has 0 heterocycles. The molecule has 10 heteroatoms. The standard InChI is InChI=1S/C23H42O7Si3/c1-16(31-5)15-23(29-32(6,7)8,30-33(9,10)11)20-17(12-13-19(24)25)14-18(26-2)21(27-3)22(20)28-4/h12-14,16H,15,31H2,1-11H3,(H,24,25). The second-order valence-electron chi connectivity index (χ2n) is 10.2. The molecule has 33 heavy (non-hydrogen) atoms. The monoisotopic (exact) mass is 514 g/mol. The Labute approximate surface area is 203 Å². The molecule has 0 spiro atoms. The van der Waals surface area contributed by atoms with Gasteiger partial charge in [0.05, 0.1) is 26.9 Å². The largest absolute Gasteiger partial charge is 0.493 e. The Morgan fingerprint density at radius 2 is 1.55 bits per heavy atom. The molecule has 0 aliphatic carbocycles. The molecule has 0 amide bonds. The summed E-state index contributed by atoms with van der Waals surface area (Å²) < 4.78 is 31.0. The van der Waals surface area contributed by atoms with E-state index in [1.54, 1.807) is 26.4 Å². The van der Waals surface area contributed by atoms with Gasteiger partial charge in [-0.3, -0.25) is 0 Å². The molecule has 0 radical (unpaired) electrons. The molecule has 188 valence electrons. The van der Waals surface area contributed by atoms with E-state index >= 15 is 0 Å². The zero-order valence-corrected chi connectivity index (χ0v) is 25.5. The number of carboxylic acids is 1. The van der Waals surface area contributed by atoms with Crippen LogP contribution in [0, 0.1) is 0 Å². The van der Waals surface area contributed by atoms with Gasteiger partial charge in [-0.15, -0.1) is 0 Å². The van der Waals surface area contributed by atoms with Gasteiger partial charge in [-0.05, 0) is 62.5 Å². The first-order valence-corrected chi connectivity index (χ1v) is 20.3. The number of aliphatic carboxylic acids is 1. The fourth-order valence-corrected chi connectivity index (χ4v) is 6.95. The van der Waals surface area contributed by atoms with Gasteiger partial charge in [0.25, 0.3) is 0 Å². The second-order valence-corrected chi connectivity index (χ2v) is 21.2. The van der Waals surface area contributed by atoms with Crippen molar-refractivity contribution in [1.82, 2.24) is 0 Å². The van der Waals surface area contributed by atoms with Crippen LogP contribution >= 0.6 is 0 Å². The Morgan fingerprint density at radius 1 is 1.03 bits per heavy atom. The van der Waals surface area contributed by atoms with Crippen LogP contribution in [0.2, 0.25) is 51.4 Å². The summed E-state index contributed by atoms with van der Waals surface area (Å²) in [5.41, 5.74) is 1.67. The summed E-state index contributed by atoms with van der Waals surface area (Å²) in [6.07, 6.45) is 3.30. The number of rotatable bonds is 13. The predicted octanol–water partition coefficient (Wildman–Crippen LogP) is 5.08. The molecular formula is C23H42O7Si3. The lowest BCUT2D eigenvalue weighted by Crippen LogP contribution is -2.49. The van der Waals surface area contributed by atoms with Crippen LogP contribution in [0.25, 0.3) is 6.08 Å². The van der Waals surface area contributed by atoms with Gasteiger partial charge in [0, 0.05) is 22.0 Å². The summed E-state index contributed by atoms with van der Waals surface area (Å²) in [5.74, 6) is -0.863. The van der Waals surface area contributed by atoms with Crippen LogP contribution in [-0.4, -0.2) is 58.6 Å². The zero-order valence-electron chi connectivity index (χ0n) is 22.1. The van der Waals surface area contributed by atoms with E-state index in [9.17, 15) is 9.90 Å². The van der Waals surface area contributed by atoms with Crippen LogP contribution in [0.4, 0.5) is 0 Å². The molecule has 0 bridgehead atoms. The first-order chi connectivity index (χ1) is 15.1. The lowest BCUT2D eigenvalue weighted by atomic mass is 9.93. The predicted molar refractivity (Wildman–Crippen MR) is 142 cm³/mol. The molecule has 1 aromatic carbocycles. The average molecular weight is 515 g/mol. The smallest absolute Gasteiger partial charge is 0.328 e. The summed E-state index contributed by atoms with van der Waals surface area (Å²) in [4.78, 5) is 11.4. The van der Waals surface area contributed by atoms with Crippen LogP contribution in [-0.2, 0) is 19.4 Å². The van der Waals surface area contributed by atoms with Gasteiger partial charge in [0.15, 0.2) is 33.9 Å². The van der Waals surface area contributed by atoms with Gasteiger partial charge in [0.1, 0.15) is 0 Å². The Morgan fingerprint density at radius 3 is 1.91 bits per heavy atom. The van der Waals surface area contributed by atoms with E-state index < -0.39 is 28.4 Å². The van der Waals surface area contributed by atoms with E-state index in [0.717, 1.165) is 6.08 Å². The summed E-state index contributed by atoms with van der Waals surface area (Å²) >= 11 is 0. The number of carbonyl (C=O) groups is 1. The minimum atomic E-state index is -2.16. The van der Waals surface area contributed by atoms with E-state index in [4.69, 9.17) is 23.1 Å². The first-order valence-electron chi connectivity index (χ1n) is 11.3. The second kappa shape index (κ2) is 11.7. The van der Waals surface area contributed by atoms with E-state index in [0.29, 0.717) is 40.3 Å². The first kappa shape index (κ1) is 29.4. The van der Waals surface area contributed by atoms with Crippen molar-refractivity contribution in [3.05, 3.63) is 23.3 Å². The molecule has 0 fully saturated rings. The van der Waals surface area contributed by atoms with Crippen LogP contribution in [0.3, 0.4) is 0 Å². The summed E-state index contributed by atoms with van der Waals surface area (Å²) in [7, 11) is -0.0393. The Bertz CT molecular complexity index is 826. The van der Waals surface area contributed by atoms with E-state index in [-0.39, 0.29) is 9.52 Å². The highest BCUT2D eigenvalue weighted by Gasteiger charge is 2.47. The van der Waals surface area contributed by atoms with Gasteiger partial charge < -0.3 is 28.2 Å². The SMILES string of the molecule is COc1cc(C=CC(=O)O)c(C(CC(C)[SiH2]C)(O[Si](C)(C)C)O[Si](C)(C)C)c(OC)c1OC. The summed E-state index contributed by atoms with van der Waals surface area (Å²) in [6, 6.07) is 1.76. The van der Waals surface area contributed by atoms with Gasteiger partial charge >= 0.3 is 5.97 Å². The van der Waals surface area contributed by atoms with Crippen molar-refractivity contribution < 1.29 is 33.0 Å². The Kier molecular flexibility index (Phi) is 10.4. The highest BCUT2D eigenvalue weighted by atomic mass is 28.4. The fraction of sp³-hybridized carbons (Fsp3) is 0.609. The molecule has 0 aliphatic rings.